The molecule has 7 nitrogen and oxygen atoms in total. The van der Waals surface area contributed by atoms with E-state index < -0.39 is 29.6 Å². The first-order chi connectivity index (χ1) is 15.2. The number of aryl methyl sites for hydroxylation is 2. The van der Waals surface area contributed by atoms with Gasteiger partial charge < -0.3 is 9.73 Å². The third-order valence-corrected chi connectivity index (χ3v) is 5.76. The molecule has 1 N–H and O–H groups in total. The molecule has 0 radical (unpaired) electrons. The molecule has 0 spiro atoms. The molecule has 0 saturated heterocycles. The number of rotatable bonds is 4. The third-order valence-electron chi connectivity index (χ3n) is 5.76. The number of carbonyl (C=O) groups is 1. The molecule has 168 valence electrons. The van der Waals surface area contributed by atoms with E-state index in [1.807, 2.05) is 0 Å². The highest BCUT2D eigenvalue weighted by molar-refractivity contribution is 5.93. The van der Waals surface area contributed by atoms with Gasteiger partial charge in [0.2, 0.25) is 5.89 Å². The van der Waals surface area contributed by atoms with Crippen LogP contribution in [0.3, 0.4) is 0 Å². The fourth-order valence-electron chi connectivity index (χ4n) is 3.94. The maximum absolute atomic E-state index is 14.4. The monoisotopic (exact) mass is 449 g/mol. The molecule has 3 aromatic heterocycles. The second kappa shape index (κ2) is 7.42. The van der Waals surface area contributed by atoms with E-state index in [-0.39, 0.29) is 17.1 Å². The predicted octanol–water partition coefficient (Wildman–Crippen LogP) is 4.31. The molecule has 3 aromatic rings. The molecule has 1 atom stereocenters. The lowest BCUT2D eigenvalue weighted by Crippen LogP contribution is -2.31. The van der Waals surface area contributed by atoms with Gasteiger partial charge in [-0.1, -0.05) is 0 Å². The molecule has 5 rings (SSSR count). The largest absolute Gasteiger partial charge is 0.439 e. The van der Waals surface area contributed by atoms with Crippen LogP contribution in [0.2, 0.25) is 0 Å². The Hall–Kier alpha value is -3.24. The number of nitrogens with one attached hydrogen (secondary N) is 1. The van der Waals surface area contributed by atoms with Gasteiger partial charge in [-0.25, -0.2) is 9.37 Å². The fraction of sp³-hybridized carbons (Fsp3) is 0.429. The number of hydrogen-bond donors (Lipinski definition) is 1. The van der Waals surface area contributed by atoms with E-state index in [1.165, 1.54) is 7.05 Å². The highest BCUT2D eigenvalue weighted by Gasteiger charge is 2.36. The van der Waals surface area contributed by atoms with Crippen LogP contribution in [0.1, 0.15) is 71.0 Å². The van der Waals surface area contributed by atoms with Gasteiger partial charge in [-0.3, -0.25) is 14.5 Å². The van der Waals surface area contributed by atoms with Crippen LogP contribution < -0.4 is 5.32 Å². The summed E-state index contributed by atoms with van der Waals surface area (Å²) in [5.41, 5.74) is 0.234. The van der Waals surface area contributed by atoms with E-state index in [4.69, 9.17) is 4.42 Å². The molecule has 1 unspecified atom stereocenters. The summed E-state index contributed by atoms with van der Waals surface area (Å²) in [5, 5.41) is 6.08. The number of nitrogens with zero attached hydrogens (tertiary/aromatic N) is 4. The minimum Gasteiger partial charge on any atom is -0.439 e. The van der Waals surface area contributed by atoms with Gasteiger partial charge in [-0.15, -0.1) is 0 Å². The number of hydrogen-bond acceptors (Lipinski definition) is 5. The van der Waals surface area contributed by atoms with Crippen LogP contribution in [0, 0.1) is 5.82 Å². The molecule has 0 bridgehead atoms. The van der Waals surface area contributed by atoms with Gasteiger partial charge in [0, 0.05) is 24.7 Å². The van der Waals surface area contributed by atoms with Crippen molar-refractivity contribution >= 4 is 5.91 Å². The van der Waals surface area contributed by atoms with Crippen LogP contribution in [0.15, 0.2) is 22.7 Å². The van der Waals surface area contributed by atoms with Crippen molar-refractivity contribution in [1.29, 1.82) is 0 Å². The van der Waals surface area contributed by atoms with Crippen LogP contribution in [-0.2, 0) is 19.6 Å². The van der Waals surface area contributed by atoms with Gasteiger partial charge in [0.25, 0.3) is 5.91 Å². The summed E-state index contributed by atoms with van der Waals surface area (Å²) in [5.74, 6) is -0.438. The number of oxazole rings is 1. The molecule has 1 fully saturated rings. The summed E-state index contributed by atoms with van der Waals surface area (Å²) >= 11 is 0. The number of amides is 1. The molecular weight excluding hydrogens is 430 g/mol. The SMILES string of the molecule is Cn1nc(C(F)(F)F)cc1C(=O)NC1CCCc2nc(-c3cc(C4CC4)ncc3F)oc21. The van der Waals surface area contributed by atoms with Crippen molar-refractivity contribution < 1.29 is 26.8 Å². The highest BCUT2D eigenvalue weighted by Crippen LogP contribution is 2.41. The Balaban J connectivity index is 1.41. The van der Waals surface area contributed by atoms with E-state index in [0.717, 1.165) is 29.4 Å². The summed E-state index contributed by atoms with van der Waals surface area (Å²) in [6.45, 7) is 0. The first-order valence-electron chi connectivity index (χ1n) is 10.3. The maximum atomic E-state index is 14.4. The van der Waals surface area contributed by atoms with Crippen LogP contribution in [0.4, 0.5) is 17.6 Å². The Morgan fingerprint density at radius 1 is 1.25 bits per heavy atom. The van der Waals surface area contributed by atoms with Crippen molar-refractivity contribution in [3.8, 4) is 11.5 Å². The average molecular weight is 449 g/mol. The summed E-state index contributed by atoms with van der Waals surface area (Å²) in [7, 11) is 1.27. The summed E-state index contributed by atoms with van der Waals surface area (Å²) in [6, 6.07) is 1.76. The van der Waals surface area contributed by atoms with E-state index in [9.17, 15) is 22.4 Å². The van der Waals surface area contributed by atoms with E-state index >= 15 is 0 Å². The zero-order valence-corrected chi connectivity index (χ0v) is 17.0. The van der Waals surface area contributed by atoms with Crippen molar-refractivity contribution in [1.82, 2.24) is 25.1 Å². The number of alkyl halides is 3. The second-order valence-corrected chi connectivity index (χ2v) is 8.15. The van der Waals surface area contributed by atoms with Gasteiger partial charge in [0.1, 0.15) is 11.5 Å². The lowest BCUT2D eigenvalue weighted by atomic mass is 9.97. The predicted molar refractivity (Wildman–Crippen MR) is 103 cm³/mol. The quantitative estimate of drug-likeness (QED) is 0.600. The lowest BCUT2D eigenvalue weighted by Gasteiger charge is -2.21. The van der Waals surface area contributed by atoms with Crippen molar-refractivity contribution in [3.05, 3.63) is 52.7 Å². The van der Waals surface area contributed by atoms with Crippen molar-refractivity contribution in [3.63, 3.8) is 0 Å². The summed E-state index contributed by atoms with van der Waals surface area (Å²) < 4.78 is 59.9. The number of carbonyl (C=O) groups excluding carboxylic acids is 1. The Labute approximate surface area is 179 Å². The Kier molecular flexibility index (Phi) is 4.79. The van der Waals surface area contributed by atoms with Gasteiger partial charge in [0.15, 0.2) is 11.5 Å². The van der Waals surface area contributed by atoms with Gasteiger partial charge >= 0.3 is 6.18 Å². The molecule has 1 amide bonds. The zero-order valence-electron chi connectivity index (χ0n) is 17.0. The second-order valence-electron chi connectivity index (χ2n) is 8.15. The average Bonchev–Trinajstić information content (AvgIpc) is 3.35. The molecule has 1 saturated carbocycles. The lowest BCUT2D eigenvalue weighted by molar-refractivity contribution is -0.141. The topological polar surface area (TPSA) is 85.8 Å². The first kappa shape index (κ1) is 20.7. The zero-order chi connectivity index (χ0) is 22.6. The Bertz CT molecular complexity index is 1200. The summed E-state index contributed by atoms with van der Waals surface area (Å²) in [4.78, 5) is 21.2. The third kappa shape index (κ3) is 3.76. The van der Waals surface area contributed by atoms with Crippen LogP contribution >= 0.6 is 0 Å². The molecule has 11 heteroatoms. The van der Waals surface area contributed by atoms with Crippen LogP contribution in [-0.4, -0.2) is 25.7 Å². The Morgan fingerprint density at radius 2 is 2.03 bits per heavy atom. The molecule has 0 aromatic carbocycles. The van der Waals surface area contributed by atoms with Crippen LogP contribution in [0.25, 0.3) is 11.5 Å². The van der Waals surface area contributed by atoms with Crippen molar-refractivity contribution in [2.75, 3.05) is 0 Å². The smallest absolute Gasteiger partial charge is 0.435 e. The van der Waals surface area contributed by atoms with E-state index in [2.05, 4.69) is 20.4 Å². The number of halogens is 4. The minimum absolute atomic E-state index is 0.109. The normalized spacial score (nSPS) is 18.5. The van der Waals surface area contributed by atoms with E-state index in [0.29, 0.717) is 42.7 Å². The number of pyridine rings is 1. The van der Waals surface area contributed by atoms with Crippen molar-refractivity contribution in [2.24, 2.45) is 7.05 Å². The first-order valence-corrected chi connectivity index (χ1v) is 10.3. The molecule has 32 heavy (non-hydrogen) atoms. The minimum atomic E-state index is -4.65. The molecule has 2 aliphatic carbocycles. The van der Waals surface area contributed by atoms with Gasteiger partial charge in [0.05, 0.1) is 23.5 Å². The molecular formula is C21H19F4N5O2. The fourth-order valence-corrected chi connectivity index (χ4v) is 3.94. The number of aromatic nitrogens is 4. The highest BCUT2D eigenvalue weighted by atomic mass is 19.4. The van der Waals surface area contributed by atoms with Gasteiger partial charge in [-0.05, 0) is 38.2 Å². The summed E-state index contributed by atoms with van der Waals surface area (Å²) in [6.07, 6.45) is 0.334. The Morgan fingerprint density at radius 3 is 2.72 bits per heavy atom. The number of fused-ring (bicyclic) bond motifs is 1. The van der Waals surface area contributed by atoms with Crippen LogP contribution in [0.5, 0.6) is 0 Å². The molecule has 3 heterocycles. The maximum Gasteiger partial charge on any atom is 0.435 e. The van der Waals surface area contributed by atoms with Crippen molar-refractivity contribution in [2.45, 2.75) is 50.2 Å². The molecule has 2 aliphatic rings. The van der Waals surface area contributed by atoms with E-state index in [1.54, 1.807) is 6.07 Å². The van der Waals surface area contributed by atoms with Gasteiger partial charge in [-0.2, -0.15) is 18.3 Å². The molecule has 0 aliphatic heterocycles. The standard InChI is InChI=1S/C21H19F4N5O2/c1-30-16(8-17(29-30)21(23,24)25)19(31)27-13-3-2-4-14-18(13)32-20(28-14)11-7-15(10-5-6-10)26-9-12(11)22/h7-10,13H,2-6H2,1H3,(H,27,31).